The summed E-state index contributed by atoms with van der Waals surface area (Å²) in [6, 6.07) is 5.99. The molecule has 5 rings (SSSR count). The Labute approximate surface area is 135 Å². The highest BCUT2D eigenvalue weighted by Crippen LogP contribution is 2.16. The summed E-state index contributed by atoms with van der Waals surface area (Å²) in [5.41, 5.74) is 1.51. The van der Waals surface area contributed by atoms with Crippen molar-refractivity contribution in [2.24, 2.45) is 0 Å². The van der Waals surface area contributed by atoms with Gasteiger partial charge in [-0.15, -0.1) is 0 Å². The van der Waals surface area contributed by atoms with Crippen LogP contribution in [-0.4, -0.2) is 64.7 Å². The standard InChI is InChI=1S/C17H22FN5/c18-16-9-14(1-2-17(16)23-4-3-19-13-23)10-20-11-15-12-21-5-7-22(15)8-6-21/h1-4,9,13,15,20H,5-8,10-12H2. The number of rotatable bonds is 5. The van der Waals surface area contributed by atoms with Gasteiger partial charge in [0.15, 0.2) is 0 Å². The van der Waals surface area contributed by atoms with E-state index in [4.69, 9.17) is 0 Å². The SMILES string of the molecule is Fc1cc(CNCC2CN3CCN2CC3)ccc1-n1ccnc1. The highest BCUT2D eigenvalue weighted by molar-refractivity contribution is 5.36. The molecule has 2 aromatic rings. The van der Waals surface area contributed by atoms with Crippen LogP contribution in [0, 0.1) is 5.82 Å². The van der Waals surface area contributed by atoms with Crippen LogP contribution in [0.1, 0.15) is 5.56 Å². The Bertz CT molecular complexity index is 649. The van der Waals surface area contributed by atoms with Gasteiger partial charge in [0.25, 0.3) is 0 Å². The largest absolute Gasteiger partial charge is 0.311 e. The summed E-state index contributed by atoms with van der Waals surface area (Å²) in [5.74, 6) is -0.214. The van der Waals surface area contributed by atoms with Gasteiger partial charge in [0.1, 0.15) is 5.82 Å². The fraction of sp³-hybridized carbons (Fsp3) is 0.471. The van der Waals surface area contributed by atoms with Gasteiger partial charge in [-0.1, -0.05) is 6.07 Å². The van der Waals surface area contributed by atoms with E-state index < -0.39 is 0 Å². The maximum Gasteiger partial charge on any atom is 0.147 e. The first kappa shape index (κ1) is 14.8. The zero-order valence-electron chi connectivity index (χ0n) is 13.2. The number of piperazine rings is 3. The van der Waals surface area contributed by atoms with E-state index >= 15 is 0 Å². The minimum absolute atomic E-state index is 0.214. The lowest BCUT2D eigenvalue weighted by Crippen LogP contribution is -2.63. The number of halogens is 1. The van der Waals surface area contributed by atoms with Gasteiger partial charge in [0.2, 0.25) is 0 Å². The molecule has 0 saturated carbocycles. The second-order valence-corrected chi connectivity index (χ2v) is 6.38. The van der Waals surface area contributed by atoms with Crippen molar-refractivity contribution in [1.29, 1.82) is 0 Å². The summed E-state index contributed by atoms with van der Waals surface area (Å²) in [7, 11) is 0. The van der Waals surface area contributed by atoms with Crippen molar-refractivity contribution in [3.63, 3.8) is 0 Å². The molecule has 1 N–H and O–H groups in total. The summed E-state index contributed by atoms with van der Waals surface area (Å²) in [6.07, 6.45) is 5.01. The highest BCUT2D eigenvalue weighted by atomic mass is 19.1. The smallest absolute Gasteiger partial charge is 0.147 e. The van der Waals surface area contributed by atoms with Crippen molar-refractivity contribution in [2.45, 2.75) is 12.6 Å². The van der Waals surface area contributed by atoms with E-state index in [0.29, 0.717) is 18.3 Å². The Morgan fingerprint density at radius 3 is 2.74 bits per heavy atom. The third-order valence-electron chi connectivity index (χ3n) is 4.90. The van der Waals surface area contributed by atoms with Gasteiger partial charge in [0.05, 0.1) is 12.0 Å². The van der Waals surface area contributed by atoms with Crippen molar-refractivity contribution in [2.75, 3.05) is 39.3 Å². The van der Waals surface area contributed by atoms with Gasteiger partial charge in [-0.25, -0.2) is 9.37 Å². The summed E-state index contributed by atoms with van der Waals surface area (Å²) in [5, 5.41) is 3.48. The minimum Gasteiger partial charge on any atom is -0.311 e. The molecule has 1 atom stereocenters. The number of benzene rings is 1. The van der Waals surface area contributed by atoms with Gasteiger partial charge in [0, 0.05) is 64.2 Å². The fourth-order valence-electron chi connectivity index (χ4n) is 3.57. The first-order chi connectivity index (χ1) is 11.3. The van der Waals surface area contributed by atoms with Crippen LogP contribution in [0.25, 0.3) is 5.69 Å². The molecular weight excluding hydrogens is 293 g/mol. The average Bonchev–Trinajstić information content (AvgIpc) is 3.10. The van der Waals surface area contributed by atoms with Crippen LogP contribution >= 0.6 is 0 Å². The van der Waals surface area contributed by atoms with Crippen molar-refractivity contribution in [3.05, 3.63) is 48.3 Å². The molecule has 0 amide bonds. The average molecular weight is 315 g/mol. The van der Waals surface area contributed by atoms with Crippen LogP contribution in [-0.2, 0) is 6.54 Å². The van der Waals surface area contributed by atoms with E-state index in [-0.39, 0.29) is 5.82 Å². The monoisotopic (exact) mass is 315 g/mol. The molecule has 0 radical (unpaired) electrons. The normalized spacial score (nSPS) is 26.6. The van der Waals surface area contributed by atoms with E-state index in [2.05, 4.69) is 20.1 Å². The van der Waals surface area contributed by atoms with E-state index in [9.17, 15) is 4.39 Å². The molecule has 3 aliphatic rings. The number of aromatic nitrogens is 2. The van der Waals surface area contributed by atoms with Gasteiger partial charge >= 0.3 is 0 Å². The van der Waals surface area contributed by atoms with Crippen molar-refractivity contribution in [1.82, 2.24) is 24.7 Å². The van der Waals surface area contributed by atoms with Crippen molar-refractivity contribution < 1.29 is 4.39 Å². The first-order valence-corrected chi connectivity index (χ1v) is 8.23. The number of hydrogen-bond acceptors (Lipinski definition) is 4. The lowest BCUT2D eigenvalue weighted by atomic mass is 10.1. The second kappa shape index (κ2) is 6.39. The highest BCUT2D eigenvalue weighted by Gasteiger charge is 2.31. The van der Waals surface area contributed by atoms with Crippen LogP contribution < -0.4 is 5.32 Å². The third-order valence-corrected chi connectivity index (χ3v) is 4.90. The summed E-state index contributed by atoms with van der Waals surface area (Å²) in [6.45, 7) is 7.59. The van der Waals surface area contributed by atoms with Crippen LogP contribution in [0.3, 0.4) is 0 Å². The topological polar surface area (TPSA) is 36.3 Å². The van der Waals surface area contributed by atoms with Gasteiger partial charge in [-0.3, -0.25) is 9.80 Å². The zero-order valence-corrected chi connectivity index (χ0v) is 13.2. The molecule has 3 fully saturated rings. The van der Waals surface area contributed by atoms with E-state index in [0.717, 1.165) is 18.7 Å². The van der Waals surface area contributed by atoms with Crippen LogP contribution in [0.5, 0.6) is 0 Å². The lowest BCUT2D eigenvalue weighted by molar-refractivity contribution is 0.0136. The Morgan fingerprint density at radius 2 is 2.09 bits per heavy atom. The Morgan fingerprint density at radius 1 is 1.22 bits per heavy atom. The number of fused-ring (bicyclic) bond motifs is 3. The quantitative estimate of drug-likeness (QED) is 0.896. The summed E-state index contributed by atoms with van der Waals surface area (Å²) < 4.78 is 15.9. The second-order valence-electron chi connectivity index (χ2n) is 6.38. The van der Waals surface area contributed by atoms with Crippen LogP contribution in [0.2, 0.25) is 0 Å². The molecule has 0 aliphatic carbocycles. The predicted octanol–water partition coefficient (Wildman–Crippen LogP) is 1.10. The molecular formula is C17H22FN5. The Hall–Kier alpha value is -1.76. The van der Waals surface area contributed by atoms with Gasteiger partial charge < -0.3 is 9.88 Å². The number of nitrogens with one attached hydrogen (secondary N) is 1. The Balaban J connectivity index is 1.34. The molecule has 1 unspecified atom stereocenters. The third kappa shape index (κ3) is 3.15. The molecule has 1 aromatic heterocycles. The minimum atomic E-state index is -0.214. The fourth-order valence-corrected chi connectivity index (χ4v) is 3.57. The molecule has 23 heavy (non-hydrogen) atoms. The van der Waals surface area contributed by atoms with E-state index in [1.807, 2.05) is 12.1 Å². The molecule has 3 aliphatic heterocycles. The Kier molecular flexibility index (Phi) is 4.11. The molecule has 5 nitrogen and oxygen atoms in total. The summed E-state index contributed by atoms with van der Waals surface area (Å²) in [4.78, 5) is 9.06. The van der Waals surface area contributed by atoms with Gasteiger partial charge in [-0.05, 0) is 17.7 Å². The summed E-state index contributed by atoms with van der Waals surface area (Å²) >= 11 is 0. The molecule has 1 aromatic carbocycles. The maximum absolute atomic E-state index is 14.2. The zero-order chi connectivity index (χ0) is 15.6. The van der Waals surface area contributed by atoms with Crippen molar-refractivity contribution >= 4 is 0 Å². The molecule has 6 heteroatoms. The van der Waals surface area contributed by atoms with Crippen LogP contribution in [0.4, 0.5) is 4.39 Å². The molecule has 3 saturated heterocycles. The molecule has 2 bridgehead atoms. The predicted molar refractivity (Wildman–Crippen MR) is 87.0 cm³/mol. The number of hydrogen-bond donors (Lipinski definition) is 1. The number of nitrogens with zero attached hydrogens (tertiary/aromatic N) is 4. The number of imidazole rings is 1. The van der Waals surface area contributed by atoms with E-state index in [1.54, 1.807) is 29.4 Å². The van der Waals surface area contributed by atoms with E-state index in [1.165, 1.54) is 26.2 Å². The lowest BCUT2D eigenvalue weighted by Gasteiger charge is -2.47. The van der Waals surface area contributed by atoms with Crippen LogP contribution in [0.15, 0.2) is 36.9 Å². The molecule has 4 heterocycles. The molecule has 0 spiro atoms. The maximum atomic E-state index is 14.2. The molecule has 122 valence electrons. The van der Waals surface area contributed by atoms with Gasteiger partial charge in [-0.2, -0.15) is 0 Å². The first-order valence-electron chi connectivity index (χ1n) is 8.23. The van der Waals surface area contributed by atoms with Crippen molar-refractivity contribution in [3.8, 4) is 5.69 Å².